The van der Waals surface area contributed by atoms with E-state index < -0.39 is 5.79 Å². The zero-order chi connectivity index (χ0) is 22.0. The number of aromatic nitrogens is 1. The van der Waals surface area contributed by atoms with Crippen molar-refractivity contribution >= 4 is 11.7 Å². The highest BCUT2D eigenvalue weighted by Crippen LogP contribution is 2.47. The van der Waals surface area contributed by atoms with Crippen molar-refractivity contribution in [2.75, 3.05) is 5.32 Å². The van der Waals surface area contributed by atoms with Crippen LogP contribution in [0.2, 0.25) is 0 Å². The minimum Gasteiger partial charge on any atom is -0.448 e. The summed E-state index contributed by atoms with van der Waals surface area (Å²) >= 11 is 0. The number of nitrogens with one attached hydrogen (secondary N) is 1. The number of urea groups is 1. The van der Waals surface area contributed by atoms with Crippen molar-refractivity contribution in [3.63, 3.8) is 0 Å². The number of pyridine rings is 1. The van der Waals surface area contributed by atoms with Gasteiger partial charge in [0.1, 0.15) is 0 Å². The standard InChI is InChI=1S/C26H27N3O3/c1-19-7-6-8-20(15-19)17-29(18-22-9-2-5-14-27-22)25(30)28-21-10-11-23-24(16-21)32-26(31-23)12-3-4-13-26/h2,5-11,14-16H,3-4,12-13,17-18H2,1H3,(H,28,30). The molecule has 3 aromatic rings. The quantitative estimate of drug-likeness (QED) is 0.568. The zero-order valence-electron chi connectivity index (χ0n) is 18.2. The van der Waals surface area contributed by atoms with E-state index in [4.69, 9.17) is 9.47 Å². The molecule has 164 valence electrons. The fraction of sp³-hybridized carbons (Fsp3) is 0.308. The third-order valence-electron chi connectivity index (χ3n) is 5.97. The van der Waals surface area contributed by atoms with Gasteiger partial charge in [-0.2, -0.15) is 0 Å². The van der Waals surface area contributed by atoms with Gasteiger partial charge in [-0.1, -0.05) is 35.9 Å². The molecule has 0 atom stereocenters. The van der Waals surface area contributed by atoms with Crippen LogP contribution in [0.5, 0.6) is 11.5 Å². The summed E-state index contributed by atoms with van der Waals surface area (Å²) < 4.78 is 12.2. The Morgan fingerprint density at radius 1 is 1.00 bits per heavy atom. The van der Waals surface area contributed by atoms with Crippen LogP contribution in [0, 0.1) is 6.92 Å². The molecule has 1 aromatic heterocycles. The van der Waals surface area contributed by atoms with E-state index in [9.17, 15) is 4.79 Å². The zero-order valence-corrected chi connectivity index (χ0v) is 18.2. The van der Waals surface area contributed by atoms with Gasteiger partial charge in [0, 0.05) is 37.3 Å². The largest absolute Gasteiger partial charge is 0.448 e. The second kappa shape index (κ2) is 8.54. The van der Waals surface area contributed by atoms with Crippen LogP contribution in [-0.4, -0.2) is 21.7 Å². The summed E-state index contributed by atoms with van der Waals surface area (Å²) in [6.07, 6.45) is 5.77. The van der Waals surface area contributed by atoms with E-state index in [0.717, 1.165) is 48.3 Å². The number of ether oxygens (including phenoxy) is 2. The van der Waals surface area contributed by atoms with Crippen molar-refractivity contribution in [3.8, 4) is 11.5 Å². The lowest BCUT2D eigenvalue weighted by Gasteiger charge is -2.23. The molecule has 5 rings (SSSR count). The Morgan fingerprint density at radius 2 is 1.84 bits per heavy atom. The van der Waals surface area contributed by atoms with E-state index in [2.05, 4.69) is 29.4 Å². The Morgan fingerprint density at radius 3 is 2.62 bits per heavy atom. The van der Waals surface area contributed by atoms with Crippen LogP contribution in [-0.2, 0) is 13.1 Å². The molecule has 0 bridgehead atoms. The fourth-order valence-corrected chi connectivity index (χ4v) is 4.41. The van der Waals surface area contributed by atoms with Gasteiger partial charge >= 0.3 is 6.03 Å². The number of amides is 2. The molecular formula is C26H27N3O3. The number of anilines is 1. The van der Waals surface area contributed by atoms with Gasteiger partial charge in [-0.15, -0.1) is 0 Å². The Labute approximate surface area is 188 Å². The summed E-state index contributed by atoms with van der Waals surface area (Å²) in [4.78, 5) is 19.4. The lowest BCUT2D eigenvalue weighted by atomic mass is 10.1. The number of benzene rings is 2. The van der Waals surface area contributed by atoms with Crippen molar-refractivity contribution < 1.29 is 14.3 Å². The summed E-state index contributed by atoms with van der Waals surface area (Å²) in [6.45, 7) is 2.95. The highest BCUT2D eigenvalue weighted by molar-refractivity contribution is 5.89. The van der Waals surface area contributed by atoms with Crippen molar-refractivity contribution in [1.82, 2.24) is 9.88 Å². The number of hydrogen-bond donors (Lipinski definition) is 1. The molecule has 1 aliphatic heterocycles. The van der Waals surface area contributed by atoms with E-state index in [1.54, 1.807) is 11.1 Å². The first-order chi connectivity index (χ1) is 15.6. The number of aryl methyl sites for hydroxylation is 1. The summed E-state index contributed by atoms with van der Waals surface area (Å²) in [5, 5.41) is 3.03. The number of carbonyl (C=O) groups excluding carboxylic acids is 1. The second-order valence-electron chi connectivity index (χ2n) is 8.58. The Balaban J connectivity index is 1.33. The van der Waals surface area contributed by atoms with Gasteiger partial charge in [0.15, 0.2) is 11.5 Å². The molecule has 0 radical (unpaired) electrons. The molecule has 32 heavy (non-hydrogen) atoms. The van der Waals surface area contributed by atoms with E-state index in [1.807, 2.05) is 48.5 Å². The average molecular weight is 430 g/mol. The van der Waals surface area contributed by atoms with Gasteiger partial charge in [-0.3, -0.25) is 4.98 Å². The minimum absolute atomic E-state index is 0.188. The molecule has 2 amide bonds. The van der Waals surface area contributed by atoms with Crippen molar-refractivity contribution in [3.05, 3.63) is 83.7 Å². The first-order valence-electron chi connectivity index (χ1n) is 11.1. The molecule has 1 fully saturated rings. The predicted molar refractivity (Wildman–Crippen MR) is 123 cm³/mol. The van der Waals surface area contributed by atoms with Gasteiger partial charge in [0.2, 0.25) is 0 Å². The van der Waals surface area contributed by atoms with Gasteiger partial charge in [0.05, 0.1) is 12.2 Å². The highest BCUT2D eigenvalue weighted by atomic mass is 16.7. The summed E-state index contributed by atoms with van der Waals surface area (Å²) in [5.41, 5.74) is 3.76. The molecule has 1 saturated carbocycles. The molecule has 6 heteroatoms. The topological polar surface area (TPSA) is 63.7 Å². The number of rotatable bonds is 5. The molecule has 0 saturated heterocycles. The molecule has 2 heterocycles. The second-order valence-corrected chi connectivity index (χ2v) is 8.58. The van der Waals surface area contributed by atoms with Gasteiger partial charge < -0.3 is 19.7 Å². The van der Waals surface area contributed by atoms with E-state index in [0.29, 0.717) is 24.5 Å². The number of carbonyl (C=O) groups is 1. The lowest BCUT2D eigenvalue weighted by Crippen LogP contribution is -2.34. The average Bonchev–Trinajstić information content (AvgIpc) is 3.39. The number of nitrogens with zero attached hydrogens (tertiary/aromatic N) is 2. The molecular weight excluding hydrogens is 402 g/mol. The van der Waals surface area contributed by atoms with Crippen LogP contribution in [0.1, 0.15) is 42.5 Å². The Kier molecular flexibility index (Phi) is 5.43. The van der Waals surface area contributed by atoms with E-state index in [1.165, 1.54) is 0 Å². The first-order valence-corrected chi connectivity index (χ1v) is 11.1. The van der Waals surface area contributed by atoms with Crippen LogP contribution in [0.15, 0.2) is 66.9 Å². The molecule has 0 unspecified atom stereocenters. The third-order valence-corrected chi connectivity index (χ3v) is 5.97. The van der Waals surface area contributed by atoms with Crippen molar-refractivity contribution in [1.29, 1.82) is 0 Å². The van der Waals surface area contributed by atoms with Gasteiger partial charge in [-0.05, 0) is 49.6 Å². The Bertz CT molecular complexity index is 1110. The number of hydrogen-bond acceptors (Lipinski definition) is 4. The fourth-order valence-electron chi connectivity index (χ4n) is 4.41. The maximum atomic E-state index is 13.3. The Hall–Kier alpha value is -3.54. The smallest absolute Gasteiger partial charge is 0.322 e. The van der Waals surface area contributed by atoms with E-state index >= 15 is 0 Å². The summed E-state index contributed by atoms with van der Waals surface area (Å²) in [5.74, 6) is 0.927. The predicted octanol–water partition coefficient (Wildman–Crippen LogP) is 5.67. The van der Waals surface area contributed by atoms with Crippen LogP contribution in [0.4, 0.5) is 10.5 Å². The van der Waals surface area contributed by atoms with Crippen molar-refractivity contribution in [2.45, 2.75) is 51.5 Å². The third kappa shape index (κ3) is 4.40. The van der Waals surface area contributed by atoms with Crippen molar-refractivity contribution in [2.24, 2.45) is 0 Å². The summed E-state index contributed by atoms with van der Waals surface area (Å²) in [6, 6.07) is 19.3. The SMILES string of the molecule is Cc1cccc(CN(Cc2ccccn2)C(=O)Nc2ccc3c(c2)OC2(CCCC2)O3)c1. The monoisotopic (exact) mass is 429 g/mol. The van der Waals surface area contributed by atoms with Gasteiger partial charge in [0.25, 0.3) is 5.79 Å². The van der Waals surface area contributed by atoms with Crippen LogP contribution in [0.3, 0.4) is 0 Å². The highest BCUT2D eigenvalue weighted by Gasteiger charge is 2.44. The lowest BCUT2D eigenvalue weighted by molar-refractivity contribution is -0.0716. The van der Waals surface area contributed by atoms with Crippen LogP contribution in [0.25, 0.3) is 0 Å². The van der Waals surface area contributed by atoms with Gasteiger partial charge in [-0.25, -0.2) is 4.79 Å². The molecule has 2 aliphatic rings. The minimum atomic E-state index is -0.513. The van der Waals surface area contributed by atoms with E-state index in [-0.39, 0.29) is 6.03 Å². The maximum Gasteiger partial charge on any atom is 0.322 e. The first kappa shape index (κ1) is 20.4. The normalized spacial score (nSPS) is 15.7. The molecule has 1 aliphatic carbocycles. The molecule has 1 spiro atoms. The maximum absolute atomic E-state index is 13.3. The molecule has 6 nitrogen and oxygen atoms in total. The molecule has 1 N–H and O–H groups in total. The van der Waals surface area contributed by atoms with Crippen LogP contribution >= 0.6 is 0 Å². The number of fused-ring (bicyclic) bond motifs is 1. The van der Waals surface area contributed by atoms with Crippen LogP contribution < -0.4 is 14.8 Å². The molecule has 2 aromatic carbocycles. The summed E-state index contributed by atoms with van der Waals surface area (Å²) in [7, 11) is 0.